The molecule has 2 aromatic rings. The molecule has 0 aromatic heterocycles. The van der Waals surface area contributed by atoms with E-state index in [1.54, 1.807) is 36.4 Å². The molecular formula is C27H34F3O2P. The highest BCUT2D eigenvalue weighted by atomic mass is 31.2. The fourth-order valence-corrected chi connectivity index (χ4v) is 6.18. The summed E-state index contributed by atoms with van der Waals surface area (Å²) in [5, 5.41) is 0. The van der Waals surface area contributed by atoms with Gasteiger partial charge in [0.25, 0.3) is 0 Å². The average molecular weight is 479 g/mol. The zero-order valence-electron chi connectivity index (χ0n) is 19.7. The first-order chi connectivity index (χ1) is 15.6. The molecule has 2 aromatic carbocycles. The normalized spacial score (nSPS) is 22.7. The minimum atomic E-state index is -3.60. The smallest absolute Gasteiger partial charge is 0.304 e. The van der Waals surface area contributed by atoms with Crippen molar-refractivity contribution >= 4 is 7.14 Å². The van der Waals surface area contributed by atoms with E-state index >= 15 is 8.78 Å². The van der Waals surface area contributed by atoms with Crippen LogP contribution in [0.15, 0.2) is 42.5 Å². The second kappa shape index (κ2) is 9.49. The maximum Gasteiger partial charge on any atom is 0.304 e. The Labute approximate surface area is 195 Å². The van der Waals surface area contributed by atoms with E-state index in [0.29, 0.717) is 23.8 Å². The van der Waals surface area contributed by atoms with Crippen LogP contribution in [0, 0.1) is 24.6 Å². The van der Waals surface area contributed by atoms with Crippen LogP contribution >= 0.6 is 7.14 Å². The van der Waals surface area contributed by atoms with Crippen molar-refractivity contribution in [3.05, 3.63) is 65.0 Å². The maximum atomic E-state index is 15.1. The zero-order valence-corrected chi connectivity index (χ0v) is 20.6. The van der Waals surface area contributed by atoms with Gasteiger partial charge in [-0.25, -0.2) is 4.39 Å². The topological polar surface area (TPSA) is 26.3 Å². The molecule has 2 nitrogen and oxygen atoms in total. The molecular weight excluding hydrogens is 444 g/mol. The lowest BCUT2D eigenvalue weighted by molar-refractivity contribution is 0.0500. The van der Waals surface area contributed by atoms with Gasteiger partial charge in [-0.05, 0) is 106 Å². The van der Waals surface area contributed by atoms with Crippen molar-refractivity contribution < 1.29 is 22.5 Å². The van der Waals surface area contributed by atoms with Crippen LogP contribution in [0.2, 0.25) is 0 Å². The minimum Gasteiger partial charge on any atom is -0.493 e. The Balaban J connectivity index is 1.38. The fraction of sp³-hybridized carbons (Fsp3) is 0.556. The van der Waals surface area contributed by atoms with Gasteiger partial charge in [-0.3, -0.25) is 0 Å². The third-order valence-electron chi connectivity index (χ3n) is 7.33. The average Bonchev–Trinajstić information content (AvgIpc) is 3.59. The van der Waals surface area contributed by atoms with Crippen LogP contribution in [-0.4, -0.2) is 25.6 Å². The minimum absolute atomic E-state index is 0.122. The quantitative estimate of drug-likeness (QED) is 0.358. The molecule has 2 aliphatic rings. The summed E-state index contributed by atoms with van der Waals surface area (Å²) in [5.74, 6) is -0.0808. The Kier molecular flexibility index (Phi) is 7.01. The molecule has 0 amide bonds. The molecule has 180 valence electrons. The SMILES string of the molecule is Cc1ccc(F)c(C2CCC(COc3cccc(C(C4CC4)C(F)(F)P(C)(C)=O)c3)CC2)c1. The van der Waals surface area contributed by atoms with E-state index < -0.39 is 18.7 Å². The summed E-state index contributed by atoms with van der Waals surface area (Å²) in [4.78, 5) is 0. The molecule has 4 rings (SSSR count). The van der Waals surface area contributed by atoms with Crippen molar-refractivity contribution in [2.24, 2.45) is 11.8 Å². The molecule has 1 unspecified atom stereocenters. The highest BCUT2D eigenvalue weighted by Gasteiger charge is 2.55. The van der Waals surface area contributed by atoms with Crippen molar-refractivity contribution in [3.8, 4) is 5.75 Å². The second-order valence-electron chi connectivity index (χ2n) is 10.4. The van der Waals surface area contributed by atoms with Gasteiger partial charge >= 0.3 is 5.66 Å². The van der Waals surface area contributed by atoms with Gasteiger partial charge in [0.15, 0.2) is 0 Å². The van der Waals surface area contributed by atoms with Gasteiger partial charge < -0.3 is 9.30 Å². The van der Waals surface area contributed by atoms with E-state index in [1.807, 2.05) is 13.0 Å². The predicted molar refractivity (Wildman–Crippen MR) is 128 cm³/mol. The van der Waals surface area contributed by atoms with Gasteiger partial charge in [0.1, 0.15) is 18.7 Å². The number of rotatable bonds is 8. The lowest BCUT2D eigenvalue weighted by Crippen LogP contribution is -2.27. The summed E-state index contributed by atoms with van der Waals surface area (Å²) >= 11 is 0. The molecule has 0 bridgehead atoms. The number of hydrogen-bond acceptors (Lipinski definition) is 2. The number of hydrogen-bond donors (Lipinski definition) is 0. The van der Waals surface area contributed by atoms with Gasteiger partial charge in [0.2, 0.25) is 0 Å². The van der Waals surface area contributed by atoms with Crippen LogP contribution in [0.1, 0.15) is 67.1 Å². The Morgan fingerprint density at radius 3 is 2.36 bits per heavy atom. The lowest BCUT2D eigenvalue weighted by Gasteiger charge is -2.31. The number of aryl methyl sites for hydroxylation is 1. The van der Waals surface area contributed by atoms with Gasteiger partial charge in [-0.1, -0.05) is 29.8 Å². The highest BCUT2D eigenvalue weighted by molar-refractivity contribution is 7.63. The largest absolute Gasteiger partial charge is 0.493 e. The molecule has 33 heavy (non-hydrogen) atoms. The number of ether oxygens (including phenoxy) is 1. The van der Waals surface area contributed by atoms with Crippen LogP contribution < -0.4 is 4.74 Å². The number of benzene rings is 2. The maximum absolute atomic E-state index is 15.1. The summed E-state index contributed by atoms with van der Waals surface area (Å²) in [6.45, 7) is 4.88. The molecule has 0 saturated heterocycles. The first kappa shape index (κ1) is 24.4. The van der Waals surface area contributed by atoms with E-state index in [9.17, 15) is 8.96 Å². The van der Waals surface area contributed by atoms with Crippen molar-refractivity contribution in [1.29, 1.82) is 0 Å². The van der Waals surface area contributed by atoms with Gasteiger partial charge in [-0.2, -0.15) is 8.78 Å². The molecule has 0 heterocycles. The van der Waals surface area contributed by atoms with Crippen LogP contribution in [0.4, 0.5) is 13.2 Å². The summed E-state index contributed by atoms with van der Waals surface area (Å²) in [6.07, 6.45) is 5.25. The van der Waals surface area contributed by atoms with Crippen molar-refractivity contribution in [2.75, 3.05) is 19.9 Å². The monoisotopic (exact) mass is 478 g/mol. The Hall–Kier alpha value is -1.74. The molecule has 0 N–H and O–H groups in total. The van der Waals surface area contributed by atoms with Gasteiger partial charge in [0, 0.05) is 0 Å². The number of alkyl halides is 2. The molecule has 0 aliphatic heterocycles. The first-order valence-corrected chi connectivity index (χ1v) is 14.6. The third kappa shape index (κ3) is 5.50. The molecule has 2 fully saturated rings. The van der Waals surface area contributed by atoms with E-state index in [2.05, 4.69) is 0 Å². The Morgan fingerprint density at radius 2 is 1.73 bits per heavy atom. The second-order valence-corrected chi connectivity index (χ2v) is 13.7. The standard InChI is InChI=1S/C27H34F3O2P/c1-18-7-14-25(28)24(15-18)20-10-8-19(9-11-20)17-32-23-6-4-5-22(16-23)26(21-12-13-21)27(29,30)33(2,3)31/h4-7,14-16,19-21,26H,8-13,17H2,1-3H3. The van der Waals surface area contributed by atoms with Crippen LogP contribution in [0.3, 0.4) is 0 Å². The van der Waals surface area contributed by atoms with E-state index in [4.69, 9.17) is 4.74 Å². The van der Waals surface area contributed by atoms with Crippen LogP contribution in [0.25, 0.3) is 0 Å². The summed E-state index contributed by atoms with van der Waals surface area (Å²) in [7, 11) is -3.60. The molecule has 1 atom stereocenters. The van der Waals surface area contributed by atoms with E-state index in [0.717, 1.165) is 49.7 Å². The summed E-state index contributed by atoms with van der Waals surface area (Å²) in [5.41, 5.74) is -0.814. The summed E-state index contributed by atoms with van der Waals surface area (Å²) in [6, 6.07) is 12.3. The molecule has 2 saturated carbocycles. The third-order valence-corrected chi connectivity index (χ3v) is 9.04. The van der Waals surface area contributed by atoms with Crippen molar-refractivity contribution in [3.63, 3.8) is 0 Å². The zero-order chi connectivity index (χ0) is 23.8. The Bertz CT molecular complexity index is 1020. The van der Waals surface area contributed by atoms with Crippen molar-refractivity contribution in [2.45, 2.75) is 62.9 Å². The molecule has 6 heteroatoms. The van der Waals surface area contributed by atoms with Gasteiger partial charge in [-0.15, -0.1) is 0 Å². The first-order valence-electron chi connectivity index (χ1n) is 12.0. The molecule has 2 aliphatic carbocycles. The fourth-order valence-electron chi connectivity index (χ4n) is 5.15. The van der Waals surface area contributed by atoms with Gasteiger partial charge in [0.05, 0.1) is 12.5 Å². The molecule has 0 spiro atoms. The van der Waals surface area contributed by atoms with Crippen LogP contribution in [-0.2, 0) is 4.57 Å². The number of halogens is 3. The van der Waals surface area contributed by atoms with E-state index in [-0.39, 0.29) is 17.7 Å². The highest BCUT2D eigenvalue weighted by Crippen LogP contribution is 2.65. The van der Waals surface area contributed by atoms with Crippen LogP contribution in [0.5, 0.6) is 5.75 Å². The lowest BCUT2D eigenvalue weighted by atomic mass is 9.78. The van der Waals surface area contributed by atoms with E-state index in [1.165, 1.54) is 13.3 Å². The molecule has 0 radical (unpaired) electrons. The Morgan fingerprint density at radius 1 is 1.03 bits per heavy atom. The summed E-state index contributed by atoms with van der Waals surface area (Å²) < 4.78 is 62.8. The van der Waals surface area contributed by atoms with Crippen molar-refractivity contribution in [1.82, 2.24) is 0 Å². The predicted octanol–water partition coefficient (Wildman–Crippen LogP) is 8.20.